The van der Waals surface area contributed by atoms with Crippen LogP contribution in [-0.4, -0.2) is 15.9 Å². The molecule has 0 heterocycles. The Morgan fingerprint density at radius 1 is 0.795 bits per heavy atom. The van der Waals surface area contributed by atoms with Crippen LogP contribution in [0.1, 0.15) is 128 Å². The lowest BCUT2D eigenvalue weighted by molar-refractivity contribution is -0.138. The monoisotopic (exact) mass is 609 g/mol. The summed E-state index contributed by atoms with van der Waals surface area (Å²) in [6.45, 7) is 8.06. The number of alkyl halides is 3. The Hall–Kier alpha value is -3.16. The van der Waals surface area contributed by atoms with Gasteiger partial charge in [0.25, 0.3) is 0 Å². The Morgan fingerprint density at radius 2 is 1.34 bits per heavy atom. The molecule has 0 bridgehead atoms. The van der Waals surface area contributed by atoms with E-state index in [0.29, 0.717) is 11.1 Å². The molecule has 0 amide bonds. The topological polar surface area (TPSA) is 62.0 Å². The lowest BCUT2D eigenvalue weighted by Crippen LogP contribution is -2.19. The van der Waals surface area contributed by atoms with Crippen molar-refractivity contribution in [3.05, 3.63) is 105 Å². The van der Waals surface area contributed by atoms with E-state index in [4.69, 9.17) is 4.84 Å². The molecule has 4 rings (SSSR count). The van der Waals surface area contributed by atoms with Gasteiger partial charge in [-0.1, -0.05) is 101 Å². The second-order valence-corrected chi connectivity index (χ2v) is 12.1. The first kappa shape index (κ1) is 33.7. The molecule has 7 heteroatoms. The van der Waals surface area contributed by atoms with Crippen molar-refractivity contribution in [1.82, 2.24) is 0 Å². The Labute approximate surface area is 260 Å². The second-order valence-electron chi connectivity index (χ2n) is 12.1. The minimum atomic E-state index is -4.43. The van der Waals surface area contributed by atoms with Gasteiger partial charge in [-0.15, -0.1) is 0 Å². The van der Waals surface area contributed by atoms with Crippen LogP contribution in [0.15, 0.2) is 59.8 Å². The number of oxime groups is 1. The summed E-state index contributed by atoms with van der Waals surface area (Å²) in [5.74, 6) is -0.382. The van der Waals surface area contributed by atoms with E-state index in [1.165, 1.54) is 6.07 Å². The number of aryl methyl sites for hydroxylation is 2. The van der Waals surface area contributed by atoms with Gasteiger partial charge in [0.1, 0.15) is 6.61 Å². The van der Waals surface area contributed by atoms with Crippen molar-refractivity contribution >= 4 is 5.71 Å². The van der Waals surface area contributed by atoms with Gasteiger partial charge < -0.3 is 15.1 Å². The molecule has 0 radical (unpaired) electrons. The van der Waals surface area contributed by atoms with Crippen LogP contribution in [0.5, 0.6) is 0 Å². The zero-order valence-corrected chi connectivity index (χ0v) is 26.4. The van der Waals surface area contributed by atoms with Crippen LogP contribution in [0.25, 0.3) is 0 Å². The van der Waals surface area contributed by atoms with Crippen LogP contribution < -0.4 is 0 Å². The highest BCUT2D eigenvalue weighted by Gasteiger charge is 2.36. The summed E-state index contributed by atoms with van der Waals surface area (Å²) in [7, 11) is 0. The van der Waals surface area contributed by atoms with Gasteiger partial charge >= 0.3 is 6.18 Å². The van der Waals surface area contributed by atoms with Crippen molar-refractivity contribution in [1.29, 1.82) is 0 Å². The summed E-state index contributed by atoms with van der Waals surface area (Å²) in [5, 5.41) is 24.1. The number of benzene rings is 3. The van der Waals surface area contributed by atoms with Gasteiger partial charge in [0.15, 0.2) is 0 Å². The molecule has 0 saturated heterocycles. The maximum Gasteiger partial charge on any atom is 0.416 e. The first-order valence-electron chi connectivity index (χ1n) is 16.0. The van der Waals surface area contributed by atoms with Crippen LogP contribution in [0.3, 0.4) is 0 Å². The predicted octanol–water partition coefficient (Wildman–Crippen LogP) is 9.34. The van der Waals surface area contributed by atoms with E-state index >= 15 is 0 Å². The largest absolute Gasteiger partial charge is 0.416 e. The maximum atomic E-state index is 14.2. The van der Waals surface area contributed by atoms with Gasteiger partial charge in [-0.05, 0) is 82.2 Å². The third-order valence-electron chi connectivity index (χ3n) is 9.32. The Bertz CT molecular complexity index is 1360. The molecule has 0 aliphatic heterocycles. The summed E-state index contributed by atoms with van der Waals surface area (Å²) in [6.07, 6.45) is 1.71. The maximum absolute atomic E-state index is 14.2. The number of aliphatic hydroxyl groups excluding tert-OH is 2. The van der Waals surface area contributed by atoms with Crippen LogP contribution in [0.2, 0.25) is 0 Å². The number of halogens is 3. The Morgan fingerprint density at radius 3 is 1.82 bits per heavy atom. The number of hydrogen-bond donors (Lipinski definition) is 2. The second kappa shape index (κ2) is 15.2. The van der Waals surface area contributed by atoms with Crippen LogP contribution in [0, 0.1) is 0 Å². The van der Waals surface area contributed by atoms with Gasteiger partial charge in [0.05, 0.1) is 24.5 Å². The number of aliphatic hydroxyl groups is 2. The molecular formula is C37H46F3NO3. The first-order valence-corrected chi connectivity index (χ1v) is 16.0. The highest BCUT2D eigenvalue weighted by atomic mass is 19.4. The van der Waals surface area contributed by atoms with Crippen molar-refractivity contribution < 1.29 is 28.2 Å². The number of nitrogens with zero attached hydrogens (tertiary/aromatic N) is 1. The SMILES string of the molecule is CCc1cc(C(C)C(=NOCc2ccc(C3CCCCC3)c(C(F)(F)F)c2)C(C)c2ccc(CO)c(CC)c2)ccc1CO. The molecule has 2 unspecified atom stereocenters. The molecule has 1 fully saturated rings. The van der Waals surface area contributed by atoms with E-state index in [9.17, 15) is 23.4 Å². The molecule has 44 heavy (non-hydrogen) atoms. The summed E-state index contributed by atoms with van der Waals surface area (Å²) in [6, 6.07) is 16.6. The van der Waals surface area contributed by atoms with Crippen LogP contribution in [0.4, 0.5) is 13.2 Å². The predicted molar refractivity (Wildman–Crippen MR) is 170 cm³/mol. The van der Waals surface area contributed by atoms with Crippen LogP contribution >= 0.6 is 0 Å². The molecule has 3 aromatic rings. The number of hydrogen-bond acceptors (Lipinski definition) is 4. The van der Waals surface area contributed by atoms with Crippen molar-refractivity contribution in [3.8, 4) is 0 Å². The van der Waals surface area contributed by atoms with E-state index in [-0.39, 0.29) is 37.6 Å². The molecule has 1 saturated carbocycles. The summed E-state index contributed by atoms with van der Waals surface area (Å²) in [5.41, 5.74) is 6.93. The molecule has 2 N–H and O–H groups in total. The van der Waals surface area contributed by atoms with Crippen LogP contribution in [-0.2, 0) is 43.7 Å². The van der Waals surface area contributed by atoms with Crippen molar-refractivity contribution in [3.63, 3.8) is 0 Å². The first-order chi connectivity index (χ1) is 21.1. The van der Waals surface area contributed by atoms with Crippen molar-refractivity contribution in [2.75, 3.05) is 0 Å². The van der Waals surface area contributed by atoms with E-state index < -0.39 is 11.7 Å². The van der Waals surface area contributed by atoms with E-state index in [1.54, 1.807) is 12.1 Å². The average Bonchev–Trinajstić information content (AvgIpc) is 3.05. The van der Waals surface area contributed by atoms with E-state index in [2.05, 4.69) is 31.1 Å². The lowest BCUT2D eigenvalue weighted by Gasteiger charge is -2.25. The lowest BCUT2D eigenvalue weighted by atomic mass is 9.81. The van der Waals surface area contributed by atoms with Crippen molar-refractivity contribution in [2.45, 2.75) is 116 Å². The molecule has 0 spiro atoms. The average molecular weight is 610 g/mol. The summed E-state index contributed by atoms with van der Waals surface area (Å²) < 4.78 is 42.5. The standard InChI is InChI=1S/C37H46F3NO3/c1-5-27-19-30(13-15-32(27)21-42)24(3)36(25(4)31-14-16-33(22-43)28(6-2)20-31)41-44-23-26-12-17-34(29-10-8-7-9-11-29)35(18-26)37(38,39)40/h12-20,24-25,29,42-43H,5-11,21-23H2,1-4H3. The molecule has 238 valence electrons. The molecule has 1 aliphatic rings. The van der Waals surface area contributed by atoms with E-state index in [1.807, 2.05) is 38.1 Å². The van der Waals surface area contributed by atoms with Gasteiger partial charge in [0, 0.05) is 11.8 Å². The van der Waals surface area contributed by atoms with Gasteiger partial charge in [-0.3, -0.25) is 0 Å². The molecule has 0 aromatic heterocycles. The summed E-state index contributed by atoms with van der Waals surface area (Å²) in [4.78, 5) is 5.86. The van der Waals surface area contributed by atoms with Gasteiger partial charge in [-0.2, -0.15) is 13.2 Å². The summed E-state index contributed by atoms with van der Waals surface area (Å²) >= 11 is 0. The quantitative estimate of drug-likeness (QED) is 0.159. The van der Waals surface area contributed by atoms with Gasteiger partial charge in [-0.25, -0.2) is 0 Å². The Balaban J connectivity index is 1.67. The zero-order valence-electron chi connectivity index (χ0n) is 26.4. The third kappa shape index (κ3) is 7.91. The highest BCUT2D eigenvalue weighted by Crippen LogP contribution is 2.41. The minimum absolute atomic E-state index is 0.0330. The smallest absolute Gasteiger partial charge is 0.392 e. The molecule has 4 nitrogen and oxygen atoms in total. The third-order valence-corrected chi connectivity index (χ3v) is 9.32. The number of rotatable bonds is 12. The molecule has 3 aromatic carbocycles. The highest BCUT2D eigenvalue weighted by molar-refractivity contribution is 5.95. The molecule has 1 aliphatic carbocycles. The fourth-order valence-electron chi connectivity index (χ4n) is 6.56. The Kier molecular flexibility index (Phi) is 11.7. The van der Waals surface area contributed by atoms with Crippen molar-refractivity contribution in [2.24, 2.45) is 5.16 Å². The van der Waals surface area contributed by atoms with Gasteiger partial charge in [0.2, 0.25) is 0 Å². The normalized spacial score (nSPS) is 15.6. The molecular weight excluding hydrogens is 563 g/mol. The minimum Gasteiger partial charge on any atom is -0.392 e. The fraction of sp³-hybridized carbons (Fsp3) is 0.486. The zero-order chi connectivity index (χ0) is 31.9. The van der Waals surface area contributed by atoms with E-state index in [0.717, 1.165) is 84.0 Å². The fourth-order valence-corrected chi connectivity index (χ4v) is 6.56. The molecule has 2 atom stereocenters.